The van der Waals surface area contributed by atoms with Crippen molar-refractivity contribution in [3.8, 4) is 0 Å². The lowest BCUT2D eigenvalue weighted by atomic mass is 10.1. The zero-order chi connectivity index (χ0) is 17.5. The largest absolute Gasteiger partial charge is 0.285 e. The lowest BCUT2D eigenvalue weighted by molar-refractivity contribution is 0.0780. The molecule has 1 N–H and O–H groups in total. The molecule has 1 aromatic rings. The SMILES string of the molecule is CCCCCCCN(CCCCCCC)NC(=O)c1ccccc1. The van der Waals surface area contributed by atoms with Crippen molar-refractivity contribution >= 4 is 5.91 Å². The Balaban J connectivity index is 2.39. The van der Waals surface area contributed by atoms with Crippen LogP contribution in [-0.4, -0.2) is 24.0 Å². The smallest absolute Gasteiger partial charge is 0.265 e. The highest BCUT2D eigenvalue weighted by Crippen LogP contribution is 2.07. The molecule has 0 aliphatic rings. The number of benzene rings is 1. The molecule has 0 spiro atoms. The molecule has 24 heavy (non-hydrogen) atoms. The Morgan fingerprint density at radius 1 is 0.792 bits per heavy atom. The first-order chi connectivity index (χ1) is 11.8. The molecule has 0 atom stereocenters. The average molecular weight is 333 g/mol. The van der Waals surface area contributed by atoms with Crippen LogP contribution in [0.1, 0.15) is 88.4 Å². The molecule has 3 nitrogen and oxygen atoms in total. The third-order valence-electron chi connectivity index (χ3n) is 4.36. The summed E-state index contributed by atoms with van der Waals surface area (Å²) in [6, 6.07) is 9.51. The molecule has 0 heterocycles. The fourth-order valence-corrected chi connectivity index (χ4v) is 2.83. The summed E-state index contributed by atoms with van der Waals surface area (Å²) in [5.74, 6) is 0.0118. The number of rotatable bonds is 14. The fraction of sp³-hybridized carbons (Fsp3) is 0.667. The number of hydrazine groups is 1. The molecule has 0 aliphatic carbocycles. The van der Waals surface area contributed by atoms with E-state index >= 15 is 0 Å². The predicted molar refractivity (Wildman–Crippen MR) is 103 cm³/mol. The highest BCUT2D eigenvalue weighted by Gasteiger charge is 2.10. The van der Waals surface area contributed by atoms with Crippen molar-refractivity contribution in [3.63, 3.8) is 0 Å². The van der Waals surface area contributed by atoms with Gasteiger partial charge in [-0.1, -0.05) is 83.4 Å². The Kier molecular flexibility index (Phi) is 12.1. The van der Waals surface area contributed by atoms with Crippen molar-refractivity contribution < 1.29 is 4.79 Å². The molecule has 0 bridgehead atoms. The second-order valence-electron chi connectivity index (χ2n) is 6.62. The molecule has 136 valence electrons. The monoisotopic (exact) mass is 332 g/mol. The van der Waals surface area contributed by atoms with Crippen LogP contribution >= 0.6 is 0 Å². The van der Waals surface area contributed by atoms with Gasteiger partial charge in [-0.3, -0.25) is 10.2 Å². The number of nitrogens with zero attached hydrogens (tertiary/aromatic N) is 1. The number of carbonyl (C=O) groups excluding carboxylic acids is 1. The Morgan fingerprint density at radius 3 is 1.79 bits per heavy atom. The van der Waals surface area contributed by atoms with Crippen LogP contribution in [0.4, 0.5) is 0 Å². The maximum absolute atomic E-state index is 12.4. The zero-order valence-corrected chi connectivity index (χ0v) is 15.7. The van der Waals surface area contributed by atoms with Gasteiger partial charge in [0.1, 0.15) is 0 Å². The molecule has 0 fully saturated rings. The summed E-state index contributed by atoms with van der Waals surface area (Å²) in [4.78, 5) is 12.4. The molecule has 0 aliphatic heterocycles. The van der Waals surface area contributed by atoms with Crippen LogP contribution in [0.15, 0.2) is 30.3 Å². The highest BCUT2D eigenvalue weighted by atomic mass is 16.2. The maximum atomic E-state index is 12.4. The minimum Gasteiger partial charge on any atom is -0.285 e. The van der Waals surface area contributed by atoms with Crippen molar-refractivity contribution in [1.29, 1.82) is 0 Å². The van der Waals surface area contributed by atoms with Crippen molar-refractivity contribution in [2.45, 2.75) is 78.1 Å². The number of unbranched alkanes of at least 4 members (excludes halogenated alkanes) is 8. The number of hydrogen-bond donors (Lipinski definition) is 1. The zero-order valence-electron chi connectivity index (χ0n) is 15.7. The quantitative estimate of drug-likeness (QED) is 0.356. The van der Waals surface area contributed by atoms with Crippen LogP contribution in [0.2, 0.25) is 0 Å². The molecule has 0 aromatic heterocycles. The van der Waals surface area contributed by atoms with E-state index in [4.69, 9.17) is 0 Å². The second kappa shape index (κ2) is 14.0. The average Bonchev–Trinajstić information content (AvgIpc) is 2.61. The van der Waals surface area contributed by atoms with E-state index in [1.807, 2.05) is 30.3 Å². The third kappa shape index (κ3) is 9.71. The van der Waals surface area contributed by atoms with E-state index in [9.17, 15) is 4.79 Å². The molecular formula is C21H36N2O. The van der Waals surface area contributed by atoms with Crippen LogP contribution in [-0.2, 0) is 0 Å². The predicted octanol–water partition coefficient (Wildman–Crippen LogP) is 5.57. The standard InChI is InChI=1S/C21H36N2O/c1-3-5-7-9-14-18-23(19-15-10-8-6-4-2)22-21(24)20-16-12-11-13-17-20/h11-13,16-17H,3-10,14-15,18-19H2,1-2H3,(H,22,24). The molecular weight excluding hydrogens is 296 g/mol. The van der Waals surface area contributed by atoms with Crippen LogP contribution < -0.4 is 5.43 Å². The fourth-order valence-electron chi connectivity index (χ4n) is 2.83. The van der Waals surface area contributed by atoms with Gasteiger partial charge < -0.3 is 0 Å². The molecule has 1 rings (SSSR count). The third-order valence-corrected chi connectivity index (χ3v) is 4.36. The van der Waals surface area contributed by atoms with Gasteiger partial charge >= 0.3 is 0 Å². The summed E-state index contributed by atoms with van der Waals surface area (Å²) < 4.78 is 0. The number of nitrogens with one attached hydrogen (secondary N) is 1. The van der Waals surface area contributed by atoms with Gasteiger partial charge in [0, 0.05) is 18.7 Å². The van der Waals surface area contributed by atoms with E-state index in [0.717, 1.165) is 31.5 Å². The lowest BCUT2D eigenvalue weighted by Gasteiger charge is -2.23. The molecule has 1 aromatic carbocycles. The van der Waals surface area contributed by atoms with Crippen LogP contribution in [0.5, 0.6) is 0 Å². The molecule has 0 saturated carbocycles. The minimum absolute atomic E-state index is 0.0118. The van der Waals surface area contributed by atoms with Gasteiger partial charge in [0.05, 0.1) is 0 Å². The second-order valence-corrected chi connectivity index (χ2v) is 6.62. The van der Waals surface area contributed by atoms with E-state index in [-0.39, 0.29) is 5.91 Å². The van der Waals surface area contributed by atoms with Crippen molar-refractivity contribution in [2.75, 3.05) is 13.1 Å². The van der Waals surface area contributed by atoms with Gasteiger partial charge in [0.2, 0.25) is 0 Å². The molecule has 0 unspecified atom stereocenters. The van der Waals surface area contributed by atoms with Crippen molar-refractivity contribution in [3.05, 3.63) is 35.9 Å². The van der Waals surface area contributed by atoms with E-state index in [0.29, 0.717) is 0 Å². The van der Waals surface area contributed by atoms with Gasteiger partial charge in [-0.2, -0.15) is 0 Å². The summed E-state index contributed by atoms with van der Waals surface area (Å²) in [6.45, 7) is 6.39. The minimum atomic E-state index is 0.0118. The highest BCUT2D eigenvalue weighted by molar-refractivity contribution is 5.93. The van der Waals surface area contributed by atoms with Crippen LogP contribution in [0.25, 0.3) is 0 Å². The Bertz CT molecular complexity index is 405. The van der Waals surface area contributed by atoms with E-state index in [1.54, 1.807) is 0 Å². The summed E-state index contributed by atoms with van der Waals surface area (Å²) >= 11 is 0. The Labute approximate surface area is 148 Å². The topological polar surface area (TPSA) is 32.3 Å². The van der Waals surface area contributed by atoms with Gasteiger partial charge in [-0.25, -0.2) is 5.01 Å². The summed E-state index contributed by atoms with van der Waals surface area (Å²) in [5, 5.41) is 2.13. The van der Waals surface area contributed by atoms with Gasteiger partial charge in [0.15, 0.2) is 0 Å². The first-order valence-electron chi connectivity index (χ1n) is 9.89. The number of carbonyl (C=O) groups is 1. The molecule has 3 heteroatoms. The van der Waals surface area contributed by atoms with E-state index < -0.39 is 0 Å². The van der Waals surface area contributed by atoms with Crippen molar-refractivity contribution in [1.82, 2.24) is 10.4 Å². The normalized spacial score (nSPS) is 11.0. The molecule has 1 amide bonds. The Morgan fingerprint density at radius 2 is 1.29 bits per heavy atom. The lowest BCUT2D eigenvalue weighted by Crippen LogP contribution is -2.43. The van der Waals surface area contributed by atoms with Crippen LogP contribution in [0.3, 0.4) is 0 Å². The number of hydrogen-bond acceptors (Lipinski definition) is 2. The summed E-state index contributed by atoms with van der Waals surface area (Å²) in [6.07, 6.45) is 12.6. The first-order valence-corrected chi connectivity index (χ1v) is 9.89. The molecule has 0 radical (unpaired) electrons. The van der Waals surface area contributed by atoms with Gasteiger partial charge in [-0.15, -0.1) is 0 Å². The van der Waals surface area contributed by atoms with Gasteiger partial charge in [0.25, 0.3) is 5.91 Å². The summed E-state index contributed by atoms with van der Waals surface area (Å²) in [7, 11) is 0. The van der Waals surface area contributed by atoms with E-state index in [2.05, 4.69) is 24.3 Å². The first kappa shape index (κ1) is 20.7. The van der Waals surface area contributed by atoms with Crippen molar-refractivity contribution in [2.24, 2.45) is 0 Å². The number of amides is 1. The maximum Gasteiger partial charge on any atom is 0.265 e. The Hall–Kier alpha value is -1.35. The van der Waals surface area contributed by atoms with E-state index in [1.165, 1.54) is 51.4 Å². The van der Waals surface area contributed by atoms with Crippen LogP contribution in [0, 0.1) is 0 Å². The summed E-state index contributed by atoms with van der Waals surface area (Å²) in [5.41, 5.74) is 3.85. The van der Waals surface area contributed by atoms with Gasteiger partial charge in [-0.05, 0) is 25.0 Å². The molecule has 0 saturated heterocycles.